The van der Waals surface area contributed by atoms with E-state index in [1.165, 1.54) is 22.2 Å². The van der Waals surface area contributed by atoms with E-state index in [9.17, 15) is 13.2 Å². The summed E-state index contributed by atoms with van der Waals surface area (Å²) in [5.41, 5.74) is 5.18. The van der Waals surface area contributed by atoms with Crippen LogP contribution < -0.4 is 5.73 Å². The van der Waals surface area contributed by atoms with Crippen molar-refractivity contribution in [2.75, 3.05) is 0 Å². The second kappa shape index (κ2) is 5.57. The number of alkyl halides is 3. The largest absolute Gasteiger partial charge is 0.435 e. The van der Waals surface area contributed by atoms with Gasteiger partial charge < -0.3 is 5.73 Å². The normalized spacial score (nSPS) is 15.3. The van der Waals surface area contributed by atoms with Crippen molar-refractivity contribution in [3.63, 3.8) is 0 Å². The Balaban J connectivity index is 2.39. The van der Waals surface area contributed by atoms with E-state index in [1.807, 2.05) is 26.0 Å². The van der Waals surface area contributed by atoms with Crippen LogP contribution in [0, 0.1) is 6.92 Å². The van der Waals surface area contributed by atoms with E-state index < -0.39 is 11.9 Å². The number of rotatable bonds is 4. The van der Waals surface area contributed by atoms with Crippen molar-refractivity contribution in [3.8, 4) is 0 Å². The molecule has 2 aromatic heterocycles. The zero-order valence-electron chi connectivity index (χ0n) is 11.2. The topological polar surface area (TPSA) is 43.8 Å². The predicted molar refractivity (Wildman–Crippen MR) is 72.7 cm³/mol. The first-order valence-corrected chi connectivity index (χ1v) is 7.09. The van der Waals surface area contributed by atoms with Gasteiger partial charge in [0.2, 0.25) is 0 Å². The highest BCUT2D eigenvalue weighted by Gasteiger charge is 2.35. The van der Waals surface area contributed by atoms with Gasteiger partial charge in [-0.15, -0.1) is 11.3 Å². The average molecular weight is 303 g/mol. The Morgan fingerprint density at radius 2 is 2.05 bits per heavy atom. The lowest BCUT2D eigenvalue weighted by atomic mass is 10.1. The van der Waals surface area contributed by atoms with Crippen LogP contribution in [0.5, 0.6) is 0 Å². The average Bonchev–Trinajstić information content (AvgIpc) is 2.98. The lowest BCUT2D eigenvalue weighted by molar-refractivity contribution is -0.141. The molecule has 0 bridgehead atoms. The number of nitrogens with two attached hydrogens (primary N) is 1. The van der Waals surface area contributed by atoms with E-state index in [0.29, 0.717) is 6.42 Å². The van der Waals surface area contributed by atoms with Gasteiger partial charge in [0, 0.05) is 22.0 Å². The highest BCUT2D eigenvalue weighted by molar-refractivity contribution is 7.12. The quantitative estimate of drug-likeness (QED) is 0.938. The van der Waals surface area contributed by atoms with E-state index >= 15 is 0 Å². The molecule has 0 saturated carbocycles. The van der Waals surface area contributed by atoms with Gasteiger partial charge in [-0.3, -0.25) is 4.68 Å². The van der Waals surface area contributed by atoms with Crippen LogP contribution >= 0.6 is 11.3 Å². The van der Waals surface area contributed by atoms with E-state index in [1.54, 1.807) is 0 Å². The molecule has 0 aliphatic heterocycles. The summed E-state index contributed by atoms with van der Waals surface area (Å²) in [5.74, 6) is 0. The van der Waals surface area contributed by atoms with Crippen molar-refractivity contribution < 1.29 is 13.2 Å². The van der Waals surface area contributed by atoms with Crippen molar-refractivity contribution in [1.29, 1.82) is 0 Å². The smallest absolute Gasteiger partial charge is 0.326 e. The summed E-state index contributed by atoms with van der Waals surface area (Å²) in [5, 5.41) is 3.65. The number of thiophene rings is 1. The molecule has 0 amide bonds. The monoisotopic (exact) mass is 303 g/mol. The van der Waals surface area contributed by atoms with Crippen LogP contribution in [-0.2, 0) is 6.18 Å². The van der Waals surface area contributed by atoms with Crippen LogP contribution in [0.25, 0.3) is 0 Å². The molecule has 0 spiro atoms. The molecule has 2 N–H and O–H groups in total. The van der Waals surface area contributed by atoms with Gasteiger partial charge in [0.1, 0.15) is 6.04 Å². The van der Waals surface area contributed by atoms with Gasteiger partial charge in [0.05, 0.1) is 0 Å². The van der Waals surface area contributed by atoms with Crippen LogP contribution in [0.2, 0.25) is 0 Å². The molecule has 2 unspecified atom stereocenters. The number of halogens is 3. The summed E-state index contributed by atoms with van der Waals surface area (Å²) in [4.78, 5) is 2.02. The maximum absolute atomic E-state index is 12.6. The van der Waals surface area contributed by atoms with Crippen molar-refractivity contribution >= 4 is 11.3 Å². The van der Waals surface area contributed by atoms with Gasteiger partial charge in [-0.05, 0) is 31.5 Å². The molecule has 7 heteroatoms. The molecule has 0 fully saturated rings. The molecule has 2 atom stereocenters. The lowest BCUT2D eigenvalue weighted by Gasteiger charge is -2.22. The molecule has 2 heterocycles. The summed E-state index contributed by atoms with van der Waals surface area (Å²) in [6.07, 6.45) is -2.43. The van der Waals surface area contributed by atoms with Crippen molar-refractivity contribution in [2.24, 2.45) is 5.73 Å². The molecule has 0 aromatic carbocycles. The van der Waals surface area contributed by atoms with E-state index in [4.69, 9.17) is 5.73 Å². The molecule has 0 aliphatic rings. The Labute approximate surface area is 119 Å². The number of hydrogen-bond acceptors (Lipinski definition) is 3. The zero-order valence-corrected chi connectivity index (χ0v) is 12.0. The summed E-state index contributed by atoms with van der Waals surface area (Å²) < 4.78 is 39.3. The van der Waals surface area contributed by atoms with Gasteiger partial charge >= 0.3 is 6.18 Å². The minimum atomic E-state index is -4.43. The molecule has 20 heavy (non-hydrogen) atoms. The van der Waals surface area contributed by atoms with Crippen molar-refractivity contribution in [1.82, 2.24) is 9.78 Å². The second-order valence-corrected chi connectivity index (χ2v) is 5.96. The van der Waals surface area contributed by atoms with Crippen molar-refractivity contribution in [3.05, 3.63) is 39.8 Å². The summed E-state index contributed by atoms with van der Waals surface area (Å²) in [6.45, 7) is 3.86. The molecule has 0 radical (unpaired) electrons. The first-order chi connectivity index (χ1) is 9.32. The molecule has 0 saturated heterocycles. The SMILES string of the molecule is CCC(N)C(c1ccc(C)s1)n1ccc(C(F)(F)F)n1. The minimum absolute atomic E-state index is 0.283. The summed E-state index contributed by atoms with van der Waals surface area (Å²) in [6, 6.07) is 4.16. The Morgan fingerprint density at radius 1 is 1.35 bits per heavy atom. The third-order valence-corrected chi connectivity index (χ3v) is 4.18. The van der Waals surface area contributed by atoms with Gasteiger partial charge in [-0.2, -0.15) is 18.3 Å². The molecular formula is C13H16F3N3S. The zero-order chi connectivity index (χ0) is 14.9. The highest BCUT2D eigenvalue weighted by atomic mass is 32.1. The molecule has 3 nitrogen and oxygen atoms in total. The maximum Gasteiger partial charge on any atom is 0.435 e. The molecule has 110 valence electrons. The first kappa shape index (κ1) is 15.1. The van der Waals surface area contributed by atoms with E-state index in [-0.39, 0.29) is 12.1 Å². The molecular weight excluding hydrogens is 287 g/mol. The fraction of sp³-hybridized carbons (Fsp3) is 0.462. The van der Waals surface area contributed by atoms with Crippen LogP contribution in [0.1, 0.15) is 34.8 Å². The standard InChI is InChI=1S/C13H16F3N3S/c1-3-9(17)12(10-5-4-8(2)20-10)19-7-6-11(18-19)13(14,15)16/h4-7,9,12H,3,17H2,1-2H3. The lowest BCUT2D eigenvalue weighted by Crippen LogP contribution is -2.32. The van der Waals surface area contributed by atoms with Crippen LogP contribution in [-0.4, -0.2) is 15.8 Å². The first-order valence-electron chi connectivity index (χ1n) is 6.27. The van der Waals surface area contributed by atoms with Gasteiger partial charge in [-0.1, -0.05) is 6.92 Å². The highest BCUT2D eigenvalue weighted by Crippen LogP contribution is 2.32. The maximum atomic E-state index is 12.6. The molecule has 0 aliphatic carbocycles. The van der Waals surface area contributed by atoms with Crippen LogP contribution in [0.3, 0.4) is 0 Å². The number of aryl methyl sites for hydroxylation is 1. The third-order valence-electron chi connectivity index (χ3n) is 3.11. The Kier molecular flexibility index (Phi) is 4.19. The van der Waals surface area contributed by atoms with Gasteiger partial charge in [-0.25, -0.2) is 0 Å². The Morgan fingerprint density at radius 3 is 2.50 bits per heavy atom. The molecule has 2 rings (SSSR count). The fourth-order valence-electron chi connectivity index (χ4n) is 2.02. The van der Waals surface area contributed by atoms with Crippen LogP contribution in [0.4, 0.5) is 13.2 Å². The van der Waals surface area contributed by atoms with Gasteiger partial charge in [0.25, 0.3) is 0 Å². The Bertz CT molecular complexity index is 573. The minimum Gasteiger partial charge on any atom is -0.326 e. The number of hydrogen-bond donors (Lipinski definition) is 1. The van der Waals surface area contributed by atoms with Gasteiger partial charge in [0.15, 0.2) is 5.69 Å². The Hall–Kier alpha value is -1.34. The van der Waals surface area contributed by atoms with Crippen LogP contribution in [0.15, 0.2) is 24.4 Å². The number of aromatic nitrogens is 2. The third kappa shape index (κ3) is 3.04. The van der Waals surface area contributed by atoms with E-state index in [0.717, 1.165) is 15.8 Å². The summed E-state index contributed by atoms with van der Waals surface area (Å²) in [7, 11) is 0. The molecule has 2 aromatic rings. The number of nitrogens with zero attached hydrogens (tertiary/aromatic N) is 2. The fourth-order valence-corrected chi connectivity index (χ4v) is 3.06. The van der Waals surface area contributed by atoms with Crippen molar-refractivity contribution in [2.45, 2.75) is 38.5 Å². The summed E-state index contributed by atoms with van der Waals surface area (Å²) >= 11 is 1.53. The van der Waals surface area contributed by atoms with E-state index in [2.05, 4.69) is 5.10 Å². The predicted octanol–water partition coefficient (Wildman–Crippen LogP) is 3.60. The second-order valence-electron chi connectivity index (χ2n) is 4.64.